The number of nitrogens with one attached hydrogen (secondary N) is 1. The van der Waals surface area contributed by atoms with Crippen molar-refractivity contribution in [3.63, 3.8) is 0 Å². The predicted molar refractivity (Wildman–Crippen MR) is 54.7 cm³/mol. The molecule has 0 aromatic carbocycles. The normalized spacial score (nSPS) is 13.2. The lowest BCUT2D eigenvalue weighted by atomic mass is 10.2. The summed E-state index contributed by atoms with van der Waals surface area (Å²) in [6.07, 6.45) is -5.19. The summed E-state index contributed by atoms with van der Waals surface area (Å²) in [7, 11) is 0. The molecule has 0 rings (SSSR count). The average molecular weight is 255 g/mol. The number of carbonyl (C=O) groups is 2. The van der Waals surface area contributed by atoms with Crippen LogP contribution in [-0.2, 0) is 9.59 Å². The molecule has 0 aromatic heterocycles. The largest absolute Gasteiger partial charge is 0.389 e. The van der Waals surface area contributed by atoms with Crippen LogP contribution in [0.15, 0.2) is 0 Å². The third kappa shape index (κ3) is 9.61. The van der Waals surface area contributed by atoms with Crippen LogP contribution < -0.4 is 16.8 Å². The van der Waals surface area contributed by atoms with Gasteiger partial charge in [0.05, 0.1) is 12.5 Å². The molecule has 5 nitrogen and oxygen atoms in total. The number of primary amides is 1. The van der Waals surface area contributed by atoms with E-state index < -0.39 is 30.5 Å². The van der Waals surface area contributed by atoms with E-state index in [1.165, 1.54) is 0 Å². The molecule has 0 saturated heterocycles. The van der Waals surface area contributed by atoms with E-state index in [2.05, 4.69) is 5.32 Å². The number of nitrogens with two attached hydrogens (primary N) is 2. The lowest BCUT2D eigenvalue weighted by Crippen LogP contribution is -2.43. The van der Waals surface area contributed by atoms with E-state index in [0.717, 1.165) is 0 Å². The summed E-state index contributed by atoms with van der Waals surface area (Å²) in [5.41, 5.74) is 10.1. The van der Waals surface area contributed by atoms with Crippen molar-refractivity contribution in [1.82, 2.24) is 5.32 Å². The van der Waals surface area contributed by atoms with Gasteiger partial charge >= 0.3 is 6.18 Å². The van der Waals surface area contributed by atoms with Gasteiger partial charge in [-0.3, -0.25) is 9.59 Å². The zero-order valence-electron chi connectivity index (χ0n) is 9.22. The number of alkyl halides is 3. The summed E-state index contributed by atoms with van der Waals surface area (Å²) in [4.78, 5) is 21.6. The molecule has 1 unspecified atom stereocenters. The Balaban J connectivity index is 3.61. The van der Waals surface area contributed by atoms with E-state index in [9.17, 15) is 22.8 Å². The molecule has 0 heterocycles. The summed E-state index contributed by atoms with van der Waals surface area (Å²) in [5, 5.41) is 2.33. The Morgan fingerprint density at radius 1 is 1.24 bits per heavy atom. The van der Waals surface area contributed by atoms with Crippen molar-refractivity contribution in [2.45, 2.75) is 37.9 Å². The zero-order valence-corrected chi connectivity index (χ0v) is 9.22. The van der Waals surface area contributed by atoms with E-state index in [1.54, 1.807) is 0 Å². The molecule has 0 aliphatic heterocycles. The van der Waals surface area contributed by atoms with Crippen LogP contribution in [0.1, 0.15) is 25.7 Å². The lowest BCUT2D eigenvalue weighted by Gasteiger charge is -2.10. The van der Waals surface area contributed by atoms with Crippen molar-refractivity contribution in [1.29, 1.82) is 0 Å². The van der Waals surface area contributed by atoms with Gasteiger partial charge in [-0.1, -0.05) is 0 Å². The van der Waals surface area contributed by atoms with Crippen molar-refractivity contribution < 1.29 is 22.8 Å². The monoisotopic (exact) mass is 255 g/mol. The van der Waals surface area contributed by atoms with Crippen LogP contribution in [0.4, 0.5) is 13.2 Å². The van der Waals surface area contributed by atoms with Gasteiger partial charge in [0.25, 0.3) is 0 Å². The number of hydrogen-bond donors (Lipinski definition) is 3. The minimum absolute atomic E-state index is 0.0607. The van der Waals surface area contributed by atoms with Crippen LogP contribution in [0.3, 0.4) is 0 Å². The molecule has 100 valence electrons. The minimum Gasteiger partial charge on any atom is -0.370 e. The number of halogens is 3. The second-order valence-electron chi connectivity index (χ2n) is 3.64. The first-order valence-electron chi connectivity index (χ1n) is 5.10. The fourth-order valence-corrected chi connectivity index (χ4v) is 1.10. The number of rotatable bonds is 7. The minimum atomic E-state index is -4.17. The maximum absolute atomic E-state index is 11.8. The maximum atomic E-state index is 11.8. The molecule has 0 aliphatic rings. The fourth-order valence-electron chi connectivity index (χ4n) is 1.10. The Morgan fingerprint density at radius 2 is 1.82 bits per heavy atom. The fraction of sp³-hybridized carbons (Fsp3) is 0.778. The molecule has 0 bridgehead atoms. The molecule has 0 fully saturated rings. The summed E-state index contributed by atoms with van der Waals surface area (Å²) in [5.74, 6) is -1.29. The summed E-state index contributed by atoms with van der Waals surface area (Å²) < 4.78 is 35.3. The zero-order chi connectivity index (χ0) is 13.5. The Bertz CT molecular complexity index is 269. The third-order valence-electron chi connectivity index (χ3n) is 1.94. The number of unbranched alkanes of at least 4 members (excludes halogenated alkanes) is 1. The first kappa shape index (κ1) is 15.7. The highest BCUT2D eigenvalue weighted by molar-refractivity contribution is 5.87. The van der Waals surface area contributed by atoms with Crippen molar-refractivity contribution in [2.75, 3.05) is 6.54 Å². The SMILES string of the molecule is NC(=O)CC(N)C(=O)NCCCCC(F)(F)F. The van der Waals surface area contributed by atoms with Gasteiger partial charge in [0.15, 0.2) is 0 Å². The molecular formula is C9H16F3N3O2. The van der Waals surface area contributed by atoms with Gasteiger partial charge in [-0.15, -0.1) is 0 Å². The van der Waals surface area contributed by atoms with Gasteiger partial charge in [-0.25, -0.2) is 0 Å². The van der Waals surface area contributed by atoms with Crippen LogP contribution >= 0.6 is 0 Å². The average Bonchev–Trinajstić information content (AvgIpc) is 2.13. The van der Waals surface area contributed by atoms with Crippen molar-refractivity contribution in [3.8, 4) is 0 Å². The molecule has 1 atom stereocenters. The van der Waals surface area contributed by atoms with Crippen molar-refractivity contribution >= 4 is 11.8 Å². The van der Waals surface area contributed by atoms with E-state index in [0.29, 0.717) is 0 Å². The highest BCUT2D eigenvalue weighted by atomic mass is 19.4. The van der Waals surface area contributed by atoms with Crippen LogP contribution in [0.2, 0.25) is 0 Å². The van der Waals surface area contributed by atoms with Crippen LogP contribution in [0.5, 0.6) is 0 Å². The molecule has 0 spiro atoms. The van der Waals surface area contributed by atoms with Crippen LogP contribution in [0, 0.1) is 0 Å². The Morgan fingerprint density at radius 3 is 2.29 bits per heavy atom. The molecule has 0 saturated carbocycles. The highest BCUT2D eigenvalue weighted by Crippen LogP contribution is 2.21. The van der Waals surface area contributed by atoms with Crippen molar-refractivity contribution in [2.24, 2.45) is 11.5 Å². The summed E-state index contributed by atoms with van der Waals surface area (Å²) in [6.45, 7) is 0.0986. The molecule has 2 amide bonds. The van der Waals surface area contributed by atoms with E-state index in [-0.39, 0.29) is 25.8 Å². The molecule has 17 heavy (non-hydrogen) atoms. The van der Waals surface area contributed by atoms with Gasteiger partial charge in [0.2, 0.25) is 11.8 Å². The Labute approximate surface area is 96.7 Å². The van der Waals surface area contributed by atoms with E-state index >= 15 is 0 Å². The van der Waals surface area contributed by atoms with Gasteiger partial charge < -0.3 is 16.8 Å². The second kappa shape index (κ2) is 7.10. The first-order valence-corrected chi connectivity index (χ1v) is 5.10. The topological polar surface area (TPSA) is 98.2 Å². The summed E-state index contributed by atoms with van der Waals surface area (Å²) >= 11 is 0. The molecule has 0 aromatic rings. The van der Waals surface area contributed by atoms with Gasteiger partial charge in [0, 0.05) is 13.0 Å². The summed E-state index contributed by atoms with van der Waals surface area (Å²) in [6, 6.07) is -1.05. The molecule has 5 N–H and O–H groups in total. The number of amides is 2. The Kier molecular flexibility index (Phi) is 6.55. The maximum Gasteiger partial charge on any atom is 0.389 e. The molecule has 8 heteroatoms. The lowest BCUT2D eigenvalue weighted by molar-refractivity contribution is -0.135. The van der Waals surface area contributed by atoms with Gasteiger partial charge in [-0.05, 0) is 12.8 Å². The van der Waals surface area contributed by atoms with Gasteiger partial charge in [0.1, 0.15) is 0 Å². The highest BCUT2D eigenvalue weighted by Gasteiger charge is 2.25. The molecule has 0 radical (unpaired) electrons. The number of carbonyl (C=O) groups excluding carboxylic acids is 2. The second-order valence-corrected chi connectivity index (χ2v) is 3.64. The van der Waals surface area contributed by atoms with E-state index in [1.807, 2.05) is 0 Å². The molecular weight excluding hydrogens is 239 g/mol. The first-order chi connectivity index (χ1) is 7.72. The quantitative estimate of drug-likeness (QED) is 0.560. The predicted octanol–water partition coefficient (Wildman–Crippen LogP) is 0.0379. The standard InChI is InChI=1S/C9H16F3N3O2/c10-9(11,12)3-1-2-4-15-8(17)6(13)5-7(14)16/h6H,1-5,13H2,(H2,14,16)(H,15,17). The third-order valence-corrected chi connectivity index (χ3v) is 1.94. The van der Waals surface area contributed by atoms with E-state index in [4.69, 9.17) is 11.5 Å². The van der Waals surface area contributed by atoms with Gasteiger partial charge in [-0.2, -0.15) is 13.2 Å². The smallest absolute Gasteiger partial charge is 0.370 e. The van der Waals surface area contributed by atoms with Crippen molar-refractivity contribution in [3.05, 3.63) is 0 Å². The Hall–Kier alpha value is -1.31. The van der Waals surface area contributed by atoms with Crippen LogP contribution in [0.25, 0.3) is 0 Å². The molecule has 0 aliphatic carbocycles. The number of hydrogen-bond acceptors (Lipinski definition) is 3. The van der Waals surface area contributed by atoms with Crippen LogP contribution in [-0.4, -0.2) is 30.6 Å².